The number of aromatic nitrogens is 1. The van der Waals surface area contributed by atoms with Gasteiger partial charge in [-0.1, -0.05) is 18.2 Å². The minimum atomic E-state index is -2.99. The fraction of sp³-hybridized carbons (Fsp3) is 0.400. The molecule has 3 rings (SSSR count). The zero-order chi connectivity index (χ0) is 15.1. The van der Waals surface area contributed by atoms with Crippen LogP contribution in [0.1, 0.15) is 29.1 Å². The molecule has 0 saturated heterocycles. The number of hydrogen-bond acceptors (Lipinski definition) is 4. The van der Waals surface area contributed by atoms with Crippen LogP contribution in [-0.2, 0) is 21.7 Å². The highest BCUT2D eigenvalue weighted by atomic mass is 32.2. The van der Waals surface area contributed by atoms with Crippen molar-refractivity contribution in [1.29, 1.82) is 0 Å². The summed E-state index contributed by atoms with van der Waals surface area (Å²) in [5, 5.41) is 2.79. The molecule has 6 heteroatoms. The van der Waals surface area contributed by atoms with Crippen molar-refractivity contribution in [3.8, 4) is 0 Å². The van der Waals surface area contributed by atoms with Crippen molar-refractivity contribution < 1.29 is 12.8 Å². The maximum Gasteiger partial charge on any atom is 0.147 e. The molecule has 1 heterocycles. The van der Waals surface area contributed by atoms with Gasteiger partial charge in [-0.2, -0.15) is 0 Å². The zero-order valence-corrected chi connectivity index (χ0v) is 13.3. The Bertz CT molecular complexity index is 763. The van der Waals surface area contributed by atoms with Gasteiger partial charge in [-0.15, -0.1) is 11.3 Å². The monoisotopic (exact) mass is 325 g/mol. The first kappa shape index (κ1) is 14.7. The van der Waals surface area contributed by atoms with Gasteiger partial charge in [-0.3, -0.25) is 0 Å². The van der Waals surface area contributed by atoms with E-state index in [0.29, 0.717) is 12.0 Å². The maximum atomic E-state index is 14.0. The molecule has 0 amide bonds. The largest absolute Gasteiger partial charge is 0.245 e. The van der Waals surface area contributed by atoms with E-state index in [2.05, 4.69) is 4.98 Å². The Hall–Kier alpha value is -1.27. The van der Waals surface area contributed by atoms with Gasteiger partial charge in [-0.25, -0.2) is 17.8 Å². The molecule has 0 atom stereocenters. The lowest BCUT2D eigenvalue weighted by atomic mass is 9.96. The van der Waals surface area contributed by atoms with E-state index in [1.165, 1.54) is 23.7 Å². The number of thiazole rings is 1. The molecule has 1 aromatic heterocycles. The summed E-state index contributed by atoms with van der Waals surface area (Å²) in [5.74, 6) is -0.0917. The fourth-order valence-electron chi connectivity index (χ4n) is 2.50. The molecule has 0 aliphatic heterocycles. The third-order valence-electron chi connectivity index (χ3n) is 3.83. The Kier molecular flexibility index (Phi) is 3.61. The van der Waals surface area contributed by atoms with Crippen LogP contribution >= 0.6 is 11.3 Å². The van der Waals surface area contributed by atoms with Crippen LogP contribution < -0.4 is 0 Å². The molecular formula is C15H16FNO2S2. The topological polar surface area (TPSA) is 47.0 Å². The molecule has 1 saturated carbocycles. The fourth-order valence-corrected chi connectivity index (χ4v) is 4.21. The molecule has 0 N–H and O–H groups in total. The first-order valence-electron chi connectivity index (χ1n) is 6.78. The molecule has 1 aliphatic rings. The number of nitrogens with zero attached hydrogens (tertiary/aromatic N) is 1. The van der Waals surface area contributed by atoms with Crippen LogP contribution in [0.15, 0.2) is 29.6 Å². The van der Waals surface area contributed by atoms with E-state index in [9.17, 15) is 12.8 Å². The molecule has 0 spiro atoms. The van der Waals surface area contributed by atoms with Crippen LogP contribution in [0.3, 0.4) is 0 Å². The molecule has 0 unspecified atom stereocenters. The third-order valence-corrected chi connectivity index (χ3v) is 5.87. The van der Waals surface area contributed by atoms with Crippen molar-refractivity contribution in [2.45, 2.75) is 24.7 Å². The quantitative estimate of drug-likeness (QED) is 0.849. The number of sulfone groups is 1. The van der Waals surface area contributed by atoms with E-state index in [4.69, 9.17) is 0 Å². The summed E-state index contributed by atoms with van der Waals surface area (Å²) < 4.78 is 36.4. The molecule has 0 bridgehead atoms. The number of benzene rings is 1. The molecule has 3 nitrogen and oxygen atoms in total. The Labute approximate surface area is 127 Å². The van der Waals surface area contributed by atoms with Crippen LogP contribution in [0.25, 0.3) is 0 Å². The second kappa shape index (κ2) is 5.18. The molecule has 112 valence electrons. The minimum absolute atomic E-state index is 0.100. The lowest BCUT2D eigenvalue weighted by molar-refractivity contribution is 0.593. The van der Waals surface area contributed by atoms with E-state index in [0.717, 1.165) is 23.5 Å². The third kappa shape index (κ3) is 3.01. The van der Waals surface area contributed by atoms with Gasteiger partial charge in [0, 0.05) is 23.6 Å². The Morgan fingerprint density at radius 3 is 2.67 bits per heavy atom. The van der Waals surface area contributed by atoms with Gasteiger partial charge >= 0.3 is 0 Å². The molecule has 1 aromatic carbocycles. The number of aryl methyl sites for hydroxylation is 1. The summed E-state index contributed by atoms with van der Waals surface area (Å²) in [4.78, 5) is 4.55. The van der Waals surface area contributed by atoms with Crippen molar-refractivity contribution in [2.75, 3.05) is 12.0 Å². The highest BCUT2D eigenvalue weighted by Crippen LogP contribution is 2.54. The zero-order valence-electron chi connectivity index (χ0n) is 11.7. The maximum absolute atomic E-state index is 14.0. The summed E-state index contributed by atoms with van der Waals surface area (Å²) >= 11 is 1.50. The van der Waals surface area contributed by atoms with Gasteiger partial charge in [0.2, 0.25) is 0 Å². The first-order valence-corrected chi connectivity index (χ1v) is 9.72. The number of hydrogen-bond donors (Lipinski definition) is 0. The summed E-state index contributed by atoms with van der Waals surface area (Å²) in [5.41, 5.74) is 1.19. The SMILES string of the molecule is CS(=O)(=O)CCc1csc(C2(c3ccccc3F)CC2)n1. The van der Waals surface area contributed by atoms with Gasteiger partial charge < -0.3 is 0 Å². The lowest BCUT2D eigenvalue weighted by Gasteiger charge is -2.13. The second-order valence-corrected chi connectivity index (χ2v) is 8.70. The van der Waals surface area contributed by atoms with E-state index in [-0.39, 0.29) is 17.0 Å². The molecule has 1 fully saturated rings. The molecule has 2 aromatic rings. The van der Waals surface area contributed by atoms with Crippen molar-refractivity contribution in [3.63, 3.8) is 0 Å². The number of rotatable bonds is 5. The van der Waals surface area contributed by atoms with Gasteiger partial charge in [0.25, 0.3) is 0 Å². The number of halogens is 1. The Morgan fingerprint density at radius 1 is 1.33 bits per heavy atom. The second-order valence-electron chi connectivity index (χ2n) is 5.59. The highest BCUT2D eigenvalue weighted by molar-refractivity contribution is 7.90. The molecule has 1 aliphatic carbocycles. The predicted octanol–water partition coefficient (Wildman–Crippen LogP) is 2.95. The highest BCUT2D eigenvalue weighted by Gasteiger charge is 2.49. The van der Waals surface area contributed by atoms with E-state index in [1.54, 1.807) is 6.07 Å². The summed E-state index contributed by atoms with van der Waals surface area (Å²) in [6.45, 7) is 0. The molecular weight excluding hydrogens is 309 g/mol. The van der Waals surface area contributed by atoms with Gasteiger partial charge in [0.15, 0.2) is 0 Å². The average molecular weight is 325 g/mol. The average Bonchev–Trinajstić information content (AvgIpc) is 3.08. The summed E-state index contributed by atoms with van der Waals surface area (Å²) in [6, 6.07) is 6.83. The van der Waals surface area contributed by atoms with Crippen LogP contribution in [0.4, 0.5) is 4.39 Å². The van der Waals surface area contributed by atoms with Crippen molar-refractivity contribution >= 4 is 21.2 Å². The smallest absolute Gasteiger partial charge is 0.147 e. The van der Waals surface area contributed by atoms with Gasteiger partial charge in [0.05, 0.1) is 16.9 Å². The normalized spacial score (nSPS) is 16.9. The van der Waals surface area contributed by atoms with Crippen LogP contribution in [0.2, 0.25) is 0 Å². The summed E-state index contributed by atoms with van der Waals surface area (Å²) in [7, 11) is -2.99. The molecule has 21 heavy (non-hydrogen) atoms. The summed E-state index contributed by atoms with van der Waals surface area (Å²) in [6.07, 6.45) is 3.44. The molecule has 0 radical (unpaired) electrons. The van der Waals surface area contributed by atoms with Gasteiger partial charge in [0.1, 0.15) is 20.7 Å². The van der Waals surface area contributed by atoms with E-state index >= 15 is 0 Å². The lowest BCUT2D eigenvalue weighted by Crippen LogP contribution is -2.11. The van der Waals surface area contributed by atoms with E-state index < -0.39 is 9.84 Å². The van der Waals surface area contributed by atoms with Crippen molar-refractivity contribution in [1.82, 2.24) is 4.98 Å². The first-order chi connectivity index (χ1) is 9.91. The Morgan fingerprint density at radius 2 is 2.05 bits per heavy atom. The standard InChI is InChI=1S/C15H16FNO2S2/c1-21(18,19)9-6-11-10-20-14(17-11)15(7-8-15)12-4-2-3-5-13(12)16/h2-5,10H,6-9H2,1H3. The van der Waals surface area contributed by atoms with Crippen molar-refractivity contribution in [2.24, 2.45) is 0 Å². The Balaban J connectivity index is 1.85. The predicted molar refractivity (Wildman–Crippen MR) is 81.9 cm³/mol. The minimum Gasteiger partial charge on any atom is -0.245 e. The van der Waals surface area contributed by atoms with Crippen molar-refractivity contribution in [3.05, 3.63) is 51.7 Å². The van der Waals surface area contributed by atoms with E-state index in [1.807, 2.05) is 17.5 Å². The van der Waals surface area contributed by atoms with Crippen LogP contribution in [0, 0.1) is 5.82 Å². The van der Waals surface area contributed by atoms with Gasteiger partial charge in [-0.05, 0) is 18.9 Å². The van der Waals surface area contributed by atoms with Crippen LogP contribution in [-0.4, -0.2) is 25.4 Å². The van der Waals surface area contributed by atoms with Crippen LogP contribution in [0.5, 0.6) is 0 Å².